The number of halogens is 1. The van der Waals surface area contributed by atoms with Crippen LogP contribution in [0.2, 0.25) is 5.02 Å². The number of carbonyl (C=O) groups excluding carboxylic acids is 2. The van der Waals surface area contributed by atoms with Gasteiger partial charge in [-0.2, -0.15) is 0 Å². The summed E-state index contributed by atoms with van der Waals surface area (Å²) in [5, 5.41) is 6.26. The first-order valence-electron chi connectivity index (χ1n) is 7.90. The Labute approximate surface area is 146 Å². The molecule has 0 saturated heterocycles. The van der Waals surface area contributed by atoms with Gasteiger partial charge in [-0.1, -0.05) is 35.9 Å². The van der Waals surface area contributed by atoms with Gasteiger partial charge in [-0.05, 0) is 48.2 Å². The summed E-state index contributed by atoms with van der Waals surface area (Å²) in [6.07, 6.45) is 1.71. The molecule has 2 aromatic carbocycles. The summed E-state index contributed by atoms with van der Waals surface area (Å²) in [4.78, 5) is 24.1. The molecule has 1 saturated carbocycles. The summed E-state index contributed by atoms with van der Waals surface area (Å²) in [5.74, 6) is -0.0783. The van der Waals surface area contributed by atoms with Gasteiger partial charge in [-0.3, -0.25) is 9.59 Å². The van der Waals surface area contributed by atoms with Crippen LogP contribution in [0.5, 0.6) is 0 Å². The Hall–Kier alpha value is -2.33. The van der Waals surface area contributed by atoms with Crippen molar-refractivity contribution in [3.8, 4) is 0 Å². The van der Waals surface area contributed by atoms with Crippen LogP contribution in [0.3, 0.4) is 0 Å². The second-order valence-corrected chi connectivity index (χ2v) is 6.48. The second kappa shape index (κ2) is 6.65. The lowest BCUT2D eigenvalue weighted by atomic mass is 9.95. The van der Waals surface area contributed by atoms with Crippen molar-refractivity contribution in [3.63, 3.8) is 0 Å². The van der Waals surface area contributed by atoms with Crippen molar-refractivity contribution < 1.29 is 9.59 Å². The molecule has 0 bridgehead atoms. The Morgan fingerprint density at radius 1 is 1.04 bits per heavy atom. The topological polar surface area (TPSA) is 58.2 Å². The molecule has 124 valence electrons. The minimum atomic E-state index is -0.410. The van der Waals surface area contributed by atoms with Gasteiger partial charge in [-0.15, -0.1) is 0 Å². The Bertz CT molecular complexity index is 750. The number of rotatable bonds is 5. The molecular formula is C19H19ClN2O2. The lowest BCUT2D eigenvalue weighted by molar-refractivity contribution is -0.123. The minimum Gasteiger partial charge on any atom is -0.355 e. The number of nitrogens with one attached hydrogen (secondary N) is 2. The number of carbonyl (C=O) groups is 2. The lowest BCUT2D eigenvalue weighted by Gasteiger charge is -2.16. The molecular weight excluding hydrogens is 324 g/mol. The Kier molecular flexibility index (Phi) is 4.58. The first-order valence-corrected chi connectivity index (χ1v) is 8.28. The summed E-state index contributed by atoms with van der Waals surface area (Å²) in [6.45, 7) is 0.447. The van der Waals surface area contributed by atoms with Gasteiger partial charge < -0.3 is 10.6 Å². The molecule has 0 heterocycles. The Balaban J connectivity index is 1.63. The van der Waals surface area contributed by atoms with E-state index in [1.807, 2.05) is 36.4 Å². The monoisotopic (exact) mass is 342 g/mol. The minimum absolute atomic E-state index is 0.0419. The van der Waals surface area contributed by atoms with E-state index in [9.17, 15) is 9.59 Å². The molecule has 3 rings (SSSR count). The predicted octanol–water partition coefficient (Wildman–Crippen LogP) is 3.05. The maximum absolute atomic E-state index is 12.6. The molecule has 1 fully saturated rings. The van der Waals surface area contributed by atoms with Crippen molar-refractivity contribution >= 4 is 23.4 Å². The largest absolute Gasteiger partial charge is 0.355 e. The predicted molar refractivity (Wildman–Crippen MR) is 94.0 cm³/mol. The lowest BCUT2D eigenvalue weighted by Crippen LogP contribution is -2.34. The van der Waals surface area contributed by atoms with E-state index in [-0.39, 0.29) is 11.8 Å². The highest BCUT2D eigenvalue weighted by atomic mass is 35.5. The molecule has 0 spiro atoms. The second-order valence-electron chi connectivity index (χ2n) is 6.05. The van der Waals surface area contributed by atoms with Gasteiger partial charge in [-0.25, -0.2) is 0 Å². The van der Waals surface area contributed by atoms with Crippen LogP contribution in [0.15, 0.2) is 48.5 Å². The van der Waals surface area contributed by atoms with Gasteiger partial charge in [0.25, 0.3) is 5.91 Å². The maximum Gasteiger partial charge on any atom is 0.251 e. The number of amides is 2. The quantitative estimate of drug-likeness (QED) is 0.877. The van der Waals surface area contributed by atoms with Gasteiger partial charge in [0.05, 0.1) is 5.41 Å². The fourth-order valence-corrected chi connectivity index (χ4v) is 2.94. The summed E-state index contributed by atoms with van der Waals surface area (Å²) < 4.78 is 0. The molecule has 0 unspecified atom stereocenters. The molecule has 0 aromatic heterocycles. The van der Waals surface area contributed by atoms with Crippen LogP contribution in [0.1, 0.15) is 34.3 Å². The van der Waals surface area contributed by atoms with Crippen LogP contribution in [0.25, 0.3) is 0 Å². The van der Waals surface area contributed by atoms with Gasteiger partial charge >= 0.3 is 0 Å². The van der Waals surface area contributed by atoms with Crippen LogP contribution >= 0.6 is 11.6 Å². The zero-order chi connectivity index (χ0) is 17.2. The number of benzene rings is 2. The number of hydrogen-bond acceptors (Lipinski definition) is 2. The Morgan fingerprint density at radius 3 is 2.21 bits per heavy atom. The molecule has 2 N–H and O–H groups in total. The van der Waals surface area contributed by atoms with Crippen LogP contribution in [-0.4, -0.2) is 18.9 Å². The average molecular weight is 343 g/mol. The zero-order valence-corrected chi connectivity index (χ0v) is 14.2. The van der Waals surface area contributed by atoms with Crippen LogP contribution in [0.4, 0.5) is 0 Å². The average Bonchev–Trinajstić information content (AvgIpc) is 3.42. The smallest absolute Gasteiger partial charge is 0.251 e. The van der Waals surface area contributed by atoms with E-state index in [4.69, 9.17) is 11.6 Å². The highest BCUT2D eigenvalue weighted by Gasteiger charge is 2.50. The third kappa shape index (κ3) is 3.29. The van der Waals surface area contributed by atoms with Gasteiger partial charge in [0, 0.05) is 24.2 Å². The van der Waals surface area contributed by atoms with E-state index in [0.717, 1.165) is 24.0 Å². The highest BCUT2D eigenvalue weighted by molar-refractivity contribution is 6.30. The third-order valence-corrected chi connectivity index (χ3v) is 4.73. The third-order valence-electron chi connectivity index (χ3n) is 4.48. The van der Waals surface area contributed by atoms with E-state index in [2.05, 4.69) is 10.6 Å². The molecule has 2 amide bonds. The van der Waals surface area contributed by atoms with Crippen molar-refractivity contribution in [2.75, 3.05) is 7.05 Å². The van der Waals surface area contributed by atoms with Crippen LogP contribution in [0, 0.1) is 0 Å². The van der Waals surface area contributed by atoms with Crippen LogP contribution in [-0.2, 0) is 16.8 Å². The van der Waals surface area contributed by atoms with E-state index < -0.39 is 5.41 Å². The molecule has 0 aliphatic heterocycles. The van der Waals surface area contributed by atoms with Crippen LogP contribution < -0.4 is 10.6 Å². The number of hydrogen-bond donors (Lipinski definition) is 2. The van der Waals surface area contributed by atoms with E-state index in [1.165, 1.54) is 0 Å². The van der Waals surface area contributed by atoms with Crippen molar-refractivity contribution in [1.82, 2.24) is 10.6 Å². The summed E-state index contributed by atoms with van der Waals surface area (Å²) in [7, 11) is 1.60. The highest BCUT2D eigenvalue weighted by Crippen LogP contribution is 2.48. The van der Waals surface area contributed by atoms with E-state index >= 15 is 0 Å². The molecule has 1 aliphatic carbocycles. The Morgan fingerprint density at radius 2 is 1.67 bits per heavy atom. The SMILES string of the molecule is CNC(=O)c1ccc(CNC(=O)C2(c3ccc(Cl)cc3)CC2)cc1. The van der Waals surface area contributed by atoms with Crippen molar-refractivity contribution in [1.29, 1.82) is 0 Å². The maximum atomic E-state index is 12.6. The molecule has 0 atom stereocenters. The first kappa shape index (κ1) is 16.5. The molecule has 0 radical (unpaired) electrons. The molecule has 5 heteroatoms. The fraction of sp³-hybridized carbons (Fsp3) is 0.263. The molecule has 24 heavy (non-hydrogen) atoms. The van der Waals surface area contributed by atoms with E-state index in [1.54, 1.807) is 19.2 Å². The summed E-state index contributed by atoms with van der Waals surface area (Å²) in [6, 6.07) is 14.7. The van der Waals surface area contributed by atoms with Crippen molar-refractivity contribution in [3.05, 3.63) is 70.2 Å². The molecule has 1 aliphatic rings. The molecule has 2 aromatic rings. The summed E-state index contributed by atoms with van der Waals surface area (Å²) >= 11 is 5.92. The standard InChI is InChI=1S/C19H19ClN2O2/c1-21-17(23)14-4-2-13(3-5-14)12-22-18(24)19(10-11-19)15-6-8-16(20)9-7-15/h2-9H,10-12H2,1H3,(H,21,23)(H,22,24). The zero-order valence-electron chi connectivity index (χ0n) is 13.4. The van der Waals surface area contributed by atoms with Crippen molar-refractivity contribution in [2.45, 2.75) is 24.8 Å². The fourth-order valence-electron chi connectivity index (χ4n) is 2.81. The van der Waals surface area contributed by atoms with Gasteiger partial charge in [0.2, 0.25) is 5.91 Å². The van der Waals surface area contributed by atoms with E-state index in [0.29, 0.717) is 17.1 Å². The van der Waals surface area contributed by atoms with Gasteiger partial charge in [0.15, 0.2) is 0 Å². The normalized spacial score (nSPS) is 14.8. The van der Waals surface area contributed by atoms with Gasteiger partial charge in [0.1, 0.15) is 0 Å². The first-order chi connectivity index (χ1) is 11.5. The summed E-state index contributed by atoms with van der Waals surface area (Å²) in [5.41, 5.74) is 2.17. The molecule has 4 nitrogen and oxygen atoms in total. The van der Waals surface area contributed by atoms with Crippen molar-refractivity contribution in [2.24, 2.45) is 0 Å².